The van der Waals surface area contributed by atoms with Crippen LogP contribution in [-0.2, 0) is 11.3 Å². The molecule has 2 aromatic rings. The summed E-state index contributed by atoms with van der Waals surface area (Å²) in [5.74, 6) is 0.0529. The Labute approximate surface area is 229 Å². The maximum Gasteiger partial charge on any atom is 0.415 e. The van der Waals surface area contributed by atoms with E-state index in [1.807, 2.05) is 42.3 Å². The van der Waals surface area contributed by atoms with Gasteiger partial charge in [-0.05, 0) is 79.6 Å². The second-order valence-corrected chi connectivity index (χ2v) is 9.71. The summed E-state index contributed by atoms with van der Waals surface area (Å²) in [6.07, 6.45) is 6.26. The smallest absolute Gasteiger partial charge is 0.348 e. The molecular weight excluding hydrogens is 501 g/mol. The van der Waals surface area contributed by atoms with Crippen molar-refractivity contribution < 1.29 is 18.0 Å². The van der Waals surface area contributed by atoms with Crippen LogP contribution in [0.1, 0.15) is 49.8 Å². The van der Waals surface area contributed by atoms with Crippen LogP contribution in [0.5, 0.6) is 0 Å². The molecule has 3 rings (SSSR count). The summed E-state index contributed by atoms with van der Waals surface area (Å²) in [4.78, 5) is 16.9. The predicted molar refractivity (Wildman–Crippen MR) is 153 cm³/mol. The van der Waals surface area contributed by atoms with Gasteiger partial charge in [0.15, 0.2) is 0 Å². The van der Waals surface area contributed by atoms with Crippen LogP contribution in [0.4, 0.5) is 24.5 Å². The van der Waals surface area contributed by atoms with Gasteiger partial charge in [-0.2, -0.15) is 13.2 Å². The molecule has 8 heteroatoms. The Morgan fingerprint density at radius 3 is 2.54 bits per heavy atom. The molecule has 1 amide bonds. The van der Waals surface area contributed by atoms with Crippen molar-refractivity contribution in [2.45, 2.75) is 51.4 Å². The highest BCUT2D eigenvalue weighted by Crippen LogP contribution is 2.38. The van der Waals surface area contributed by atoms with Crippen molar-refractivity contribution in [1.82, 2.24) is 4.90 Å². The molecule has 0 radical (unpaired) electrons. The number of allylic oxidation sites excluding steroid dienone is 3. The van der Waals surface area contributed by atoms with Gasteiger partial charge in [0, 0.05) is 25.0 Å². The number of hydrogen-bond acceptors (Lipinski definition) is 4. The highest BCUT2D eigenvalue weighted by Gasteiger charge is 2.32. The van der Waals surface area contributed by atoms with E-state index >= 15 is 0 Å². The quantitative estimate of drug-likeness (QED) is 0.206. The molecule has 0 bridgehead atoms. The van der Waals surface area contributed by atoms with E-state index in [1.165, 1.54) is 24.8 Å². The number of nitrogens with two attached hydrogens (primary N) is 1. The Morgan fingerprint density at radius 1 is 1.21 bits per heavy atom. The first-order valence-electron chi connectivity index (χ1n) is 13.0. The van der Waals surface area contributed by atoms with Crippen LogP contribution in [0.2, 0.25) is 0 Å². The SMILES string of the molecule is C=CN(/C=C\C)C(CCC1CC1)c1cccc(NC(=O)/C(=C/C(=C)C(F)(F)F)N(C)c2cccc(CN)c2)c1. The van der Waals surface area contributed by atoms with Gasteiger partial charge >= 0.3 is 6.18 Å². The number of anilines is 2. The van der Waals surface area contributed by atoms with Crippen LogP contribution >= 0.6 is 0 Å². The van der Waals surface area contributed by atoms with E-state index in [4.69, 9.17) is 5.73 Å². The zero-order valence-electron chi connectivity index (χ0n) is 22.5. The molecule has 0 aliphatic heterocycles. The van der Waals surface area contributed by atoms with E-state index in [-0.39, 0.29) is 18.3 Å². The van der Waals surface area contributed by atoms with E-state index in [0.717, 1.165) is 36.0 Å². The Balaban J connectivity index is 1.92. The second kappa shape index (κ2) is 13.3. The number of amides is 1. The average Bonchev–Trinajstić information content (AvgIpc) is 3.75. The van der Waals surface area contributed by atoms with Gasteiger partial charge in [-0.3, -0.25) is 4.79 Å². The lowest BCUT2D eigenvalue weighted by Crippen LogP contribution is -2.29. The summed E-state index contributed by atoms with van der Waals surface area (Å²) < 4.78 is 40.2. The van der Waals surface area contributed by atoms with Crippen molar-refractivity contribution in [2.24, 2.45) is 11.7 Å². The first-order valence-corrected chi connectivity index (χ1v) is 13.0. The molecule has 2 aromatic carbocycles. The van der Waals surface area contributed by atoms with Crippen LogP contribution in [-0.4, -0.2) is 24.0 Å². The minimum Gasteiger partial charge on any atom is -0.348 e. The van der Waals surface area contributed by atoms with Crippen LogP contribution in [0.25, 0.3) is 0 Å². The number of carbonyl (C=O) groups is 1. The van der Waals surface area contributed by atoms with E-state index in [9.17, 15) is 18.0 Å². The molecule has 1 saturated carbocycles. The van der Waals surface area contributed by atoms with Gasteiger partial charge in [-0.25, -0.2) is 0 Å². The number of carbonyl (C=O) groups excluding carboxylic acids is 1. The lowest BCUT2D eigenvalue weighted by atomic mass is 9.98. The molecule has 5 nitrogen and oxygen atoms in total. The van der Waals surface area contributed by atoms with E-state index in [1.54, 1.807) is 36.5 Å². The zero-order chi connectivity index (χ0) is 28.6. The third-order valence-electron chi connectivity index (χ3n) is 6.77. The highest BCUT2D eigenvalue weighted by atomic mass is 19.4. The normalized spacial score (nSPS) is 14.7. The molecule has 208 valence electrons. The number of alkyl halides is 3. The zero-order valence-corrected chi connectivity index (χ0v) is 22.5. The minimum atomic E-state index is -4.68. The monoisotopic (exact) mass is 538 g/mol. The van der Waals surface area contributed by atoms with Gasteiger partial charge in [0.2, 0.25) is 0 Å². The molecule has 0 saturated heterocycles. The molecule has 1 aliphatic carbocycles. The van der Waals surface area contributed by atoms with Crippen molar-refractivity contribution >= 4 is 17.3 Å². The third kappa shape index (κ3) is 8.35. The van der Waals surface area contributed by atoms with Crippen molar-refractivity contribution in [3.05, 3.63) is 109 Å². The maximum atomic E-state index is 13.4. The number of nitrogens with one attached hydrogen (secondary N) is 1. The molecular formula is C31H37F3N4O. The van der Waals surface area contributed by atoms with E-state index < -0.39 is 17.7 Å². The summed E-state index contributed by atoms with van der Waals surface area (Å²) in [5.41, 5.74) is 7.16. The number of nitrogens with zero attached hydrogens (tertiary/aromatic N) is 2. The summed E-state index contributed by atoms with van der Waals surface area (Å²) in [6, 6.07) is 14.4. The number of hydrogen-bond donors (Lipinski definition) is 2. The fourth-order valence-electron chi connectivity index (χ4n) is 4.36. The van der Waals surface area contributed by atoms with Gasteiger partial charge < -0.3 is 20.9 Å². The van der Waals surface area contributed by atoms with Crippen LogP contribution < -0.4 is 16.0 Å². The van der Waals surface area contributed by atoms with Crippen LogP contribution in [0.15, 0.2) is 97.5 Å². The Kier molecular flexibility index (Phi) is 10.2. The molecule has 1 atom stereocenters. The maximum absolute atomic E-state index is 13.4. The second-order valence-electron chi connectivity index (χ2n) is 9.71. The molecule has 0 aromatic heterocycles. The third-order valence-corrected chi connectivity index (χ3v) is 6.77. The van der Waals surface area contributed by atoms with Gasteiger partial charge in [0.1, 0.15) is 5.70 Å². The number of halogens is 3. The lowest BCUT2D eigenvalue weighted by molar-refractivity contribution is -0.112. The lowest BCUT2D eigenvalue weighted by Gasteiger charge is -2.28. The van der Waals surface area contributed by atoms with Crippen molar-refractivity contribution in [1.29, 1.82) is 0 Å². The molecule has 1 aliphatic rings. The summed E-state index contributed by atoms with van der Waals surface area (Å²) >= 11 is 0. The first-order chi connectivity index (χ1) is 18.6. The summed E-state index contributed by atoms with van der Waals surface area (Å²) in [6.45, 7) is 9.29. The Bertz CT molecular complexity index is 1230. The summed E-state index contributed by atoms with van der Waals surface area (Å²) in [5, 5.41) is 2.80. The van der Waals surface area contributed by atoms with E-state index in [2.05, 4.69) is 18.5 Å². The number of rotatable bonds is 13. The molecule has 0 spiro atoms. The van der Waals surface area contributed by atoms with Crippen molar-refractivity contribution in [3.63, 3.8) is 0 Å². The van der Waals surface area contributed by atoms with Gasteiger partial charge in [-0.1, -0.05) is 56.3 Å². The fraction of sp³-hybridized carbons (Fsp3) is 0.323. The standard InChI is InChI=1S/C31H37F3N4O/c1-5-17-38(6-2)28(16-15-23-13-14-23)25-10-8-11-26(20-25)36-30(39)29(18-22(3)31(32,33)34)37(4)27-12-7-9-24(19-27)21-35/h5-12,17-20,23,28H,2-3,13-16,21,35H2,1,4H3,(H,36,39)/b17-5-,29-18-. The Hall–Kier alpha value is -3.78. The van der Waals surface area contributed by atoms with Crippen LogP contribution in [0.3, 0.4) is 0 Å². The molecule has 1 fully saturated rings. The van der Waals surface area contributed by atoms with Crippen LogP contribution in [0, 0.1) is 5.92 Å². The minimum absolute atomic E-state index is 0.0119. The predicted octanol–water partition coefficient (Wildman–Crippen LogP) is 7.43. The topological polar surface area (TPSA) is 61.6 Å². The average molecular weight is 539 g/mol. The number of benzene rings is 2. The molecule has 3 N–H and O–H groups in total. The summed E-state index contributed by atoms with van der Waals surface area (Å²) in [7, 11) is 1.54. The van der Waals surface area contributed by atoms with E-state index in [0.29, 0.717) is 11.4 Å². The van der Waals surface area contributed by atoms with Crippen molar-refractivity contribution in [3.8, 4) is 0 Å². The number of likely N-dealkylation sites (N-methyl/N-ethyl adjacent to an activating group) is 1. The van der Waals surface area contributed by atoms with Crippen molar-refractivity contribution in [2.75, 3.05) is 17.3 Å². The van der Waals surface area contributed by atoms with Gasteiger partial charge in [0.05, 0.1) is 11.6 Å². The van der Waals surface area contributed by atoms with Gasteiger partial charge in [0.25, 0.3) is 5.91 Å². The van der Waals surface area contributed by atoms with Gasteiger partial charge in [-0.15, -0.1) is 0 Å². The largest absolute Gasteiger partial charge is 0.415 e. The highest BCUT2D eigenvalue weighted by molar-refractivity contribution is 6.06. The molecule has 0 heterocycles. The molecule has 1 unspecified atom stereocenters. The molecule has 39 heavy (non-hydrogen) atoms. The fourth-order valence-corrected chi connectivity index (χ4v) is 4.36. The first kappa shape index (κ1) is 29.8. The Morgan fingerprint density at radius 2 is 1.92 bits per heavy atom.